The summed E-state index contributed by atoms with van der Waals surface area (Å²) in [5, 5.41) is 5.03. The molecule has 3 heterocycles. The molecule has 8 nitrogen and oxygen atoms in total. The first-order valence-electron chi connectivity index (χ1n) is 9.84. The zero-order chi connectivity index (χ0) is 22.8. The summed E-state index contributed by atoms with van der Waals surface area (Å²) >= 11 is 0. The summed E-state index contributed by atoms with van der Waals surface area (Å²) in [7, 11) is 1.73. The van der Waals surface area contributed by atoms with Gasteiger partial charge in [0, 0.05) is 29.8 Å². The number of aromatic nitrogens is 5. The molecule has 1 amide bonds. The molecule has 2 N–H and O–H groups in total. The minimum atomic E-state index is -2.60. The van der Waals surface area contributed by atoms with Crippen molar-refractivity contribution < 1.29 is 13.6 Å². The van der Waals surface area contributed by atoms with Gasteiger partial charge in [-0.15, -0.1) is 0 Å². The lowest BCUT2D eigenvalue weighted by molar-refractivity contribution is 0.0723. The second kappa shape index (κ2) is 8.66. The van der Waals surface area contributed by atoms with Crippen LogP contribution < -0.4 is 5.73 Å². The maximum atomic E-state index is 13.4. The van der Waals surface area contributed by atoms with E-state index in [1.54, 1.807) is 36.3 Å². The number of amides is 1. The number of rotatable bonds is 6. The van der Waals surface area contributed by atoms with E-state index >= 15 is 0 Å². The summed E-state index contributed by atoms with van der Waals surface area (Å²) < 4.78 is 27.2. The Morgan fingerprint density at radius 2 is 1.97 bits per heavy atom. The van der Waals surface area contributed by atoms with Crippen LogP contribution in [0.2, 0.25) is 0 Å². The molecule has 0 aliphatic carbocycles. The number of hydrogen-bond acceptors (Lipinski definition) is 6. The highest BCUT2D eigenvalue weighted by Crippen LogP contribution is 2.22. The summed E-state index contributed by atoms with van der Waals surface area (Å²) in [6.45, 7) is 2.09. The first-order valence-corrected chi connectivity index (χ1v) is 9.84. The van der Waals surface area contributed by atoms with E-state index in [2.05, 4.69) is 20.1 Å². The van der Waals surface area contributed by atoms with Gasteiger partial charge in [0.05, 0.1) is 24.3 Å². The van der Waals surface area contributed by atoms with Crippen LogP contribution in [0.5, 0.6) is 0 Å². The van der Waals surface area contributed by atoms with Crippen LogP contribution in [0.4, 0.5) is 14.6 Å². The number of fused-ring (bicyclic) bond motifs is 1. The number of nitrogens with zero attached hydrogens (tertiary/aromatic N) is 6. The molecule has 0 aliphatic rings. The van der Waals surface area contributed by atoms with Gasteiger partial charge in [0.2, 0.25) is 0 Å². The maximum Gasteiger partial charge on any atom is 0.265 e. The third-order valence-electron chi connectivity index (χ3n) is 5.01. The number of halogens is 2. The van der Waals surface area contributed by atoms with E-state index in [0.29, 0.717) is 28.4 Å². The molecule has 0 radical (unpaired) electrons. The number of nitrogens with two attached hydrogens (primary N) is 1. The first kappa shape index (κ1) is 21.3. The molecule has 0 bridgehead atoms. The predicted molar refractivity (Wildman–Crippen MR) is 115 cm³/mol. The lowest BCUT2D eigenvalue weighted by Crippen LogP contribution is -2.31. The third kappa shape index (κ3) is 4.53. The number of pyridine rings is 2. The molecule has 10 heteroatoms. The highest BCUT2D eigenvalue weighted by molar-refractivity contribution is 5.98. The fraction of sp³-hybridized carbons (Fsp3) is 0.227. The molecule has 0 aliphatic heterocycles. The Balaban J connectivity index is 1.65. The summed E-state index contributed by atoms with van der Waals surface area (Å²) in [6, 6.07) is 9.85. The van der Waals surface area contributed by atoms with E-state index in [0.717, 1.165) is 17.1 Å². The molecule has 32 heavy (non-hydrogen) atoms. The van der Waals surface area contributed by atoms with Crippen molar-refractivity contribution in [2.75, 3.05) is 5.73 Å². The SMILES string of the molecule is Cc1cc2cc(C(=O)N(Cc3ccc(C(F)F)cn3)Cc3ncn(C)n3)ccc2nc1N. The molecule has 0 fully saturated rings. The number of carbonyl (C=O) groups excluding carboxylic acids is 1. The average Bonchev–Trinajstić information content (AvgIpc) is 3.18. The van der Waals surface area contributed by atoms with Gasteiger partial charge < -0.3 is 10.6 Å². The molecule has 0 atom stereocenters. The number of carbonyl (C=O) groups is 1. The maximum absolute atomic E-state index is 13.4. The lowest BCUT2D eigenvalue weighted by Gasteiger charge is -2.21. The fourth-order valence-electron chi connectivity index (χ4n) is 3.29. The molecule has 164 valence electrons. The van der Waals surface area contributed by atoms with Crippen LogP contribution in [0.25, 0.3) is 10.9 Å². The monoisotopic (exact) mass is 437 g/mol. The second-order valence-electron chi connectivity index (χ2n) is 7.48. The molecule has 0 spiro atoms. The van der Waals surface area contributed by atoms with Crippen LogP contribution in [-0.4, -0.2) is 35.5 Å². The minimum absolute atomic E-state index is 0.109. The Hall–Kier alpha value is -3.95. The van der Waals surface area contributed by atoms with Crippen LogP contribution in [0.15, 0.2) is 48.9 Å². The summed E-state index contributed by atoms with van der Waals surface area (Å²) in [5.41, 5.74) is 8.14. The number of benzene rings is 1. The molecule has 0 saturated heterocycles. The van der Waals surface area contributed by atoms with Crippen molar-refractivity contribution in [3.8, 4) is 0 Å². The minimum Gasteiger partial charge on any atom is -0.383 e. The Morgan fingerprint density at radius 3 is 2.62 bits per heavy atom. The molecular formula is C22H21F2N7O. The summed E-state index contributed by atoms with van der Waals surface area (Å²) in [5.74, 6) is 0.627. The van der Waals surface area contributed by atoms with Gasteiger partial charge in [-0.3, -0.25) is 14.5 Å². The van der Waals surface area contributed by atoms with Gasteiger partial charge in [0.1, 0.15) is 12.1 Å². The zero-order valence-electron chi connectivity index (χ0n) is 17.5. The van der Waals surface area contributed by atoms with Crippen molar-refractivity contribution in [1.82, 2.24) is 29.6 Å². The standard InChI is InChI=1S/C22H21F2N7O/c1-13-7-16-8-14(4-6-18(16)28-21(13)25)22(32)31(11-19-27-12-30(2)29-19)10-17-5-3-15(9-26-17)20(23)24/h3-9,12,20H,10-11H2,1-2H3,(H2,25,28). The second-order valence-corrected chi connectivity index (χ2v) is 7.48. The molecule has 1 aromatic carbocycles. The van der Waals surface area contributed by atoms with Crippen molar-refractivity contribution in [2.24, 2.45) is 7.05 Å². The van der Waals surface area contributed by atoms with Crippen LogP contribution in [0.3, 0.4) is 0 Å². The highest BCUT2D eigenvalue weighted by atomic mass is 19.3. The normalized spacial score (nSPS) is 11.3. The van der Waals surface area contributed by atoms with Gasteiger partial charge in [-0.05, 0) is 48.9 Å². The van der Waals surface area contributed by atoms with E-state index in [1.165, 1.54) is 17.0 Å². The Morgan fingerprint density at radius 1 is 1.16 bits per heavy atom. The van der Waals surface area contributed by atoms with E-state index in [4.69, 9.17) is 5.73 Å². The van der Waals surface area contributed by atoms with Crippen LogP contribution in [0, 0.1) is 6.92 Å². The van der Waals surface area contributed by atoms with Crippen molar-refractivity contribution >= 4 is 22.6 Å². The van der Waals surface area contributed by atoms with Gasteiger partial charge in [-0.1, -0.05) is 0 Å². The Bertz CT molecular complexity index is 1270. The number of nitrogen functional groups attached to an aromatic ring is 1. The Labute approximate surface area is 182 Å². The lowest BCUT2D eigenvalue weighted by atomic mass is 10.1. The van der Waals surface area contributed by atoms with Crippen molar-refractivity contribution in [3.63, 3.8) is 0 Å². The molecule has 3 aromatic heterocycles. The molecular weight excluding hydrogens is 416 g/mol. The predicted octanol–water partition coefficient (Wildman–Crippen LogP) is 3.43. The molecule has 4 aromatic rings. The van der Waals surface area contributed by atoms with E-state index in [9.17, 15) is 13.6 Å². The van der Waals surface area contributed by atoms with E-state index < -0.39 is 6.43 Å². The summed E-state index contributed by atoms with van der Waals surface area (Å²) in [4.78, 5) is 27.6. The van der Waals surface area contributed by atoms with Gasteiger partial charge >= 0.3 is 0 Å². The largest absolute Gasteiger partial charge is 0.383 e. The van der Waals surface area contributed by atoms with Gasteiger partial charge in [0.15, 0.2) is 5.82 Å². The number of aryl methyl sites for hydroxylation is 2. The number of anilines is 1. The topological polar surface area (TPSA) is 103 Å². The Kier molecular flexibility index (Phi) is 5.76. The van der Waals surface area contributed by atoms with Crippen LogP contribution >= 0.6 is 0 Å². The van der Waals surface area contributed by atoms with Gasteiger partial charge in [0.25, 0.3) is 12.3 Å². The van der Waals surface area contributed by atoms with Crippen LogP contribution in [-0.2, 0) is 20.1 Å². The fourth-order valence-corrected chi connectivity index (χ4v) is 3.29. The third-order valence-corrected chi connectivity index (χ3v) is 5.01. The van der Waals surface area contributed by atoms with Crippen molar-refractivity contribution in [2.45, 2.75) is 26.4 Å². The number of alkyl halides is 2. The van der Waals surface area contributed by atoms with Crippen molar-refractivity contribution in [3.05, 3.63) is 77.1 Å². The zero-order valence-corrected chi connectivity index (χ0v) is 17.5. The highest BCUT2D eigenvalue weighted by Gasteiger charge is 2.20. The molecule has 0 unspecified atom stereocenters. The summed E-state index contributed by atoms with van der Waals surface area (Å²) in [6.07, 6.45) is 0.0646. The van der Waals surface area contributed by atoms with Crippen molar-refractivity contribution in [1.29, 1.82) is 0 Å². The number of hydrogen-bond donors (Lipinski definition) is 1. The average molecular weight is 437 g/mol. The van der Waals surface area contributed by atoms with Gasteiger partial charge in [-0.25, -0.2) is 18.7 Å². The molecule has 0 saturated carbocycles. The smallest absolute Gasteiger partial charge is 0.265 e. The van der Waals surface area contributed by atoms with Gasteiger partial charge in [-0.2, -0.15) is 5.10 Å². The van der Waals surface area contributed by atoms with E-state index in [-0.39, 0.29) is 24.6 Å². The quantitative estimate of drug-likeness (QED) is 0.496. The van der Waals surface area contributed by atoms with Crippen LogP contribution in [0.1, 0.15) is 39.4 Å². The van der Waals surface area contributed by atoms with E-state index in [1.807, 2.05) is 13.0 Å². The molecule has 4 rings (SSSR count). The first-order chi connectivity index (χ1) is 15.3.